The topological polar surface area (TPSA) is 43.7 Å². The Morgan fingerprint density at radius 3 is 2.08 bits per heavy atom. The summed E-state index contributed by atoms with van der Waals surface area (Å²) in [6.45, 7) is 4.18. The number of aliphatic hydroxyl groups excluding tert-OH is 2. The molecule has 2 N–H and O–H groups in total. The first kappa shape index (κ1) is 8.48. The van der Waals surface area contributed by atoms with Crippen LogP contribution < -0.4 is 0 Å². The van der Waals surface area contributed by atoms with E-state index in [-0.39, 0.29) is 18.8 Å². The smallest absolute Gasteiger partial charge is 0.0644 e. The van der Waals surface area contributed by atoms with Gasteiger partial charge in [0.2, 0.25) is 0 Å². The Labute approximate surface area is 73.0 Å². The summed E-state index contributed by atoms with van der Waals surface area (Å²) in [6, 6.07) is 0. The van der Waals surface area contributed by atoms with Crippen molar-refractivity contribution in [2.45, 2.75) is 25.3 Å². The molecule has 1 saturated carbocycles. The summed E-state index contributed by atoms with van der Waals surface area (Å²) >= 11 is 0. The molecule has 1 aliphatic carbocycles. The van der Waals surface area contributed by atoms with E-state index in [4.69, 9.17) is 10.2 Å². The first-order chi connectivity index (χ1) is 5.64. The molecule has 3 heteroatoms. The molecule has 0 radical (unpaired) electrons. The normalized spacial score (nSPS) is 27.2. The number of nitrogens with zero attached hydrogens (tertiary/aromatic N) is 1. The molecule has 1 aliphatic heterocycles. The summed E-state index contributed by atoms with van der Waals surface area (Å²) in [7, 11) is 0. The lowest BCUT2D eigenvalue weighted by atomic mass is 9.89. The SMILES string of the molecule is CC(CO)(CO)N1CC2(CC2)C1. The highest BCUT2D eigenvalue weighted by Gasteiger charge is 2.56. The van der Waals surface area contributed by atoms with Gasteiger partial charge in [-0.3, -0.25) is 4.90 Å². The first-order valence-electron chi connectivity index (χ1n) is 4.61. The summed E-state index contributed by atoms with van der Waals surface area (Å²) in [5, 5.41) is 18.2. The van der Waals surface area contributed by atoms with Crippen LogP contribution in [0.2, 0.25) is 0 Å². The maximum atomic E-state index is 9.11. The Morgan fingerprint density at radius 2 is 1.75 bits per heavy atom. The van der Waals surface area contributed by atoms with Crippen molar-refractivity contribution in [2.75, 3.05) is 26.3 Å². The highest BCUT2D eigenvalue weighted by molar-refractivity contribution is 5.09. The van der Waals surface area contributed by atoms with Gasteiger partial charge < -0.3 is 10.2 Å². The minimum atomic E-state index is -0.381. The summed E-state index contributed by atoms with van der Waals surface area (Å²) in [5.74, 6) is 0. The Hall–Kier alpha value is -0.120. The van der Waals surface area contributed by atoms with E-state index in [1.807, 2.05) is 6.92 Å². The van der Waals surface area contributed by atoms with E-state index < -0.39 is 0 Å². The van der Waals surface area contributed by atoms with Gasteiger partial charge in [-0.1, -0.05) is 0 Å². The van der Waals surface area contributed by atoms with Crippen LogP contribution in [0.5, 0.6) is 0 Å². The second-order valence-corrected chi connectivity index (χ2v) is 4.67. The lowest BCUT2D eigenvalue weighted by Crippen LogP contribution is -2.62. The molecule has 12 heavy (non-hydrogen) atoms. The Morgan fingerprint density at radius 1 is 1.25 bits per heavy atom. The first-order valence-corrected chi connectivity index (χ1v) is 4.61. The van der Waals surface area contributed by atoms with Crippen molar-refractivity contribution < 1.29 is 10.2 Å². The second-order valence-electron chi connectivity index (χ2n) is 4.67. The average molecular weight is 171 g/mol. The fourth-order valence-electron chi connectivity index (χ4n) is 1.89. The molecule has 0 bridgehead atoms. The Bertz CT molecular complexity index is 177. The monoisotopic (exact) mass is 171 g/mol. The predicted octanol–water partition coefficient (Wildman–Crippen LogP) is -0.175. The van der Waals surface area contributed by atoms with Crippen LogP contribution in [-0.4, -0.2) is 47.0 Å². The van der Waals surface area contributed by atoms with Crippen molar-refractivity contribution in [1.29, 1.82) is 0 Å². The molecular formula is C9H17NO2. The van der Waals surface area contributed by atoms with E-state index in [0.717, 1.165) is 13.1 Å². The van der Waals surface area contributed by atoms with Crippen LogP contribution in [0.1, 0.15) is 19.8 Å². The Kier molecular flexibility index (Phi) is 1.72. The number of aliphatic hydroxyl groups is 2. The molecule has 3 nitrogen and oxygen atoms in total. The van der Waals surface area contributed by atoms with Gasteiger partial charge in [0.05, 0.1) is 18.8 Å². The van der Waals surface area contributed by atoms with Crippen molar-refractivity contribution >= 4 is 0 Å². The van der Waals surface area contributed by atoms with Crippen molar-refractivity contribution in [2.24, 2.45) is 5.41 Å². The molecule has 2 fully saturated rings. The van der Waals surface area contributed by atoms with Crippen LogP contribution in [-0.2, 0) is 0 Å². The lowest BCUT2D eigenvalue weighted by molar-refractivity contribution is -0.0722. The minimum Gasteiger partial charge on any atom is -0.394 e. The van der Waals surface area contributed by atoms with Crippen molar-refractivity contribution in [3.8, 4) is 0 Å². The molecule has 0 unspecified atom stereocenters. The highest BCUT2D eigenvalue weighted by atomic mass is 16.3. The second kappa shape index (κ2) is 2.44. The number of hydrogen-bond acceptors (Lipinski definition) is 3. The molecule has 2 aliphatic rings. The van der Waals surface area contributed by atoms with Gasteiger partial charge in [0.1, 0.15) is 0 Å². The van der Waals surface area contributed by atoms with Gasteiger partial charge in [-0.25, -0.2) is 0 Å². The quantitative estimate of drug-likeness (QED) is 0.619. The van der Waals surface area contributed by atoms with E-state index >= 15 is 0 Å². The zero-order valence-corrected chi connectivity index (χ0v) is 7.58. The summed E-state index contributed by atoms with van der Waals surface area (Å²) in [6.07, 6.45) is 2.69. The maximum Gasteiger partial charge on any atom is 0.0644 e. The van der Waals surface area contributed by atoms with Gasteiger partial charge in [0.25, 0.3) is 0 Å². The molecular weight excluding hydrogens is 154 g/mol. The van der Waals surface area contributed by atoms with Crippen LogP contribution in [0.15, 0.2) is 0 Å². The molecule has 0 atom stereocenters. The van der Waals surface area contributed by atoms with Gasteiger partial charge in [0.15, 0.2) is 0 Å². The van der Waals surface area contributed by atoms with E-state index in [1.165, 1.54) is 12.8 Å². The minimum absolute atomic E-state index is 0.0551. The van der Waals surface area contributed by atoms with Gasteiger partial charge in [-0.15, -0.1) is 0 Å². The Balaban J connectivity index is 1.92. The third-order valence-electron chi connectivity index (χ3n) is 3.45. The molecule has 0 aromatic rings. The van der Waals surface area contributed by atoms with Gasteiger partial charge >= 0.3 is 0 Å². The summed E-state index contributed by atoms with van der Waals surface area (Å²) in [5.41, 5.74) is 0.222. The van der Waals surface area contributed by atoms with Crippen LogP contribution in [0.3, 0.4) is 0 Å². The standard InChI is InChI=1S/C9H17NO2/c1-8(6-11,7-12)10-4-9(5-10)2-3-9/h11-12H,2-7H2,1H3. The summed E-state index contributed by atoms with van der Waals surface area (Å²) in [4.78, 5) is 2.19. The van der Waals surface area contributed by atoms with Crippen LogP contribution >= 0.6 is 0 Å². The third kappa shape index (κ3) is 1.08. The van der Waals surface area contributed by atoms with E-state index in [9.17, 15) is 0 Å². The average Bonchev–Trinajstić information content (AvgIpc) is 2.79. The van der Waals surface area contributed by atoms with Crippen molar-refractivity contribution in [3.05, 3.63) is 0 Å². The van der Waals surface area contributed by atoms with Crippen LogP contribution in [0, 0.1) is 5.41 Å². The van der Waals surface area contributed by atoms with Crippen LogP contribution in [0.4, 0.5) is 0 Å². The van der Waals surface area contributed by atoms with E-state index in [0.29, 0.717) is 5.41 Å². The van der Waals surface area contributed by atoms with Crippen molar-refractivity contribution in [3.63, 3.8) is 0 Å². The zero-order chi connectivity index (χ0) is 8.82. The molecule has 0 aromatic heterocycles. The van der Waals surface area contributed by atoms with Crippen molar-refractivity contribution in [1.82, 2.24) is 4.90 Å². The molecule has 70 valence electrons. The largest absolute Gasteiger partial charge is 0.394 e. The lowest BCUT2D eigenvalue weighted by Gasteiger charge is -2.50. The molecule has 1 saturated heterocycles. The van der Waals surface area contributed by atoms with Gasteiger partial charge in [-0.2, -0.15) is 0 Å². The number of rotatable bonds is 3. The fraction of sp³-hybridized carbons (Fsp3) is 1.00. The summed E-state index contributed by atoms with van der Waals surface area (Å²) < 4.78 is 0. The fourth-order valence-corrected chi connectivity index (χ4v) is 1.89. The van der Waals surface area contributed by atoms with Crippen LogP contribution in [0.25, 0.3) is 0 Å². The number of hydrogen-bond donors (Lipinski definition) is 2. The van der Waals surface area contributed by atoms with Gasteiger partial charge in [-0.05, 0) is 25.2 Å². The molecule has 1 spiro atoms. The third-order valence-corrected chi connectivity index (χ3v) is 3.45. The molecule has 0 aromatic carbocycles. The molecule has 2 rings (SSSR count). The van der Waals surface area contributed by atoms with Gasteiger partial charge in [0, 0.05) is 13.1 Å². The maximum absolute atomic E-state index is 9.11. The molecule has 1 heterocycles. The molecule has 0 amide bonds. The van der Waals surface area contributed by atoms with E-state index in [1.54, 1.807) is 0 Å². The zero-order valence-electron chi connectivity index (χ0n) is 7.58. The highest BCUT2D eigenvalue weighted by Crippen LogP contribution is 2.54. The number of likely N-dealkylation sites (tertiary alicyclic amines) is 1. The van der Waals surface area contributed by atoms with E-state index in [2.05, 4.69) is 4.90 Å². The predicted molar refractivity (Wildman–Crippen MR) is 45.8 cm³/mol.